The van der Waals surface area contributed by atoms with Crippen LogP contribution in [0.25, 0.3) is 17.3 Å². The number of anilines is 1. The molecule has 2 aromatic rings. The molecule has 2 aromatic heterocycles. The van der Waals surface area contributed by atoms with Crippen LogP contribution < -0.4 is 10.6 Å². The fourth-order valence-electron chi connectivity index (χ4n) is 3.58. The third-order valence-corrected chi connectivity index (χ3v) is 5.12. The van der Waals surface area contributed by atoms with Gasteiger partial charge in [-0.25, -0.2) is 9.97 Å². The summed E-state index contributed by atoms with van der Waals surface area (Å²) in [5.41, 5.74) is -0.483. The van der Waals surface area contributed by atoms with E-state index >= 15 is 0 Å². The van der Waals surface area contributed by atoms with E-state index in [0.29, 0.717) is 12.1 Å². The summed E-state index contributed by atoms with van der Waals surface area (Å²) in [7, 11) is 1.58. The third-order valence-electron chi connectivity index (χ3n) is 5.12. The number of aromatic nitrogens is 3. The topological polar surface area (TPSA) is 85.9 Å². The fourth-order valence-corrected chi connectivity index (χ4v) is 3.58. The van der Waals surface area contributed by atoms with Gasteiger partial charge >= 0.3 is 6.18 Å². The van der Waals surface area contributed by atoms with E-state index in [2.05, 4.69) is 25.6 Å². The monoisotopic (exact) mass is 418 g/mol. The lowest BCUT2D eigenvalue weighted by Crippen LogP contribution is -2.38. The summed E-state index contributed by atoms with van der Waals surface area (Å²) >= 11 is 0. The number of rotatable bonds is 3. The van der Waals surface area contributed by atoms with Gasteiger partial charge in [-0.15, -0.1) is 0 Å². The van der Waals surface area contributed by atoms with Gasteiger partial charge in [-0.05, 0) is 25.5 Å². The first-order chi connectivity index (χ1) is 14.3. The molecule has 4 rings (SSSR count). The molecule has 30 heavy (non-hydrogen) atoms. The van der Waals surface area contributed by atoms with Crippen molar-refractivity contribution in [3.8, 4) is 11.3 Å². The number of alkyl halides is 3. The highest BCUT2D eigenvalue weighted by Crippen LogP contribution is 2.38. The highest BCUT2D eigenvalue weighted by atomic mass is 19.4. The molecule has 1 saturated heterocycles. The maximum atomic E-state index is 13.7. The molecular weight excluding hydrogens is 397 g/mol. The van der Waals surface area contributed by atoms with Crippen LogP contribution in [0.1, 0.15) is 34.5 Å². The van der Waals surface area contributed by atoms with E-state index in [1.165, 1.54) is 11.1 Å². The molecule has 0 radical (unpaired) electrons. The van der Waals surface area contributed by atoms with Gasteiger partial charge in [0.15, 0.2) is 0 Å². The largest absolute Gasteiger partial charge is 0.419 e. The number of carbonyl (C=O) groups excluding carboxylic acids is 1. The lowest BCUT2D eigenvalue weighted by Gasteiger charge is -2.24. The number of halogens is 3. The lowest BCUT2D eigenvalue weighted by molar-refractivity contribution is -0.137. The van der Waals surface area contributed by atoms with Crippen molar-refractivity contribution in [2.24, 2.45) is 0 Å². The summed E-state index contributed by atoms with van der Waals surface area (Å²) in [5.74, 6) is -0.231. The van der Waals surface area contributed by atoms with Gasteiger partial charge in [-0.3, -0.25) is 4.79 Å². The summed E-state index contributed by atoms with van der Waals surface area (Å²) in [4.78, 5) is 24.9. The van der Waals surface area contributed by atoms with Crippen molar-refractivity contribution in [1.29, 1.82) is 0 Å². The number of H-pyrrole nitrogens is 1. The maximum absolute atomic E-state index is 13.7. The van der Waals surface area contributed by atoms with Crippen LogP contribution in [-0.2, 0) is 6.18 Å². The molecule has 7 nitrogen and oxygen atoms in total. The van der Waals surface area contributed by atoms with E-state index in [9.17, 15) is 18.0 Å². The Morgan fingerprint density at radius 2 is 2.13 bits per heavy atom. The Balaban J connectivity index is 1.80. The molecule has 0 aliphatic carbocycles. The highest BCUT2D eigenvalue weighted by Gasteiger charge is 2.37. The number of amides is 1. The van der Waals surface area contributed by atoms with Gasteiger partial charge in [0.1, 0.15) is 11.3 Å². The smallest absolute Gasteiger partial charge is 0.356 e. The fraction of sp³-hybridized carbons (Fsp3) is 0.350. The van der Waals surface area contributed by atoms with Gasteiger partial charge in [0.2, 0.25) is 5.95 Å². The average Bonchev–Trinajstić information content (AvgIpc) is 3.12. The Kier molecular flexibility index (Phi) is 5.33. The molecule has 0 aromatic carbocycles. The van der Waals surface area contributed by atoms with Gasteiger partial charge in [0.05, 0.1) is 5.69 Å². The van der Waals surface area contributed by atoms with Crippen LogP contribution in [0.2, 0.25) is 0 Å². The maximum Gasteiger partial charge on any atom is 0.419 e. The first-order valence-electron chi connectivity index (χ1n) is 9.60. The molecule has 158 valence electrons. The number of hydrogen-bond acceptors (Lipinski definition) is 5. The van der Waals surface area contributed by atoms with Crippen molar-refractivity contribution in [3.63, 3.8) is 0 Å². The van der Waals surface area contributed by atoms with Crippen LogP contribution in [0.15, 0.2) is 30.7 Å². The Morgan fingerprint density at radius 1 is 1.30 bits per heavy atom. The third kappa shape index (κ3) is 3.95. The average molecular weight is 418 g/mol. The molecular formula is C20H21F3N6O. The van der Waals surface area contributed by atoms with Crippen LogP contribution in [0.4, 0.5) is 19.1 Å². The molecule has 1 atom stereocenters. The Labute approximate surface area is 171 Å². The van der Waals surface area contributed by atoms with Crippen LogP contribution in [0.5, 0.6) is 0 Å². The van der Waals surface area contributed by atoms with Crippen molar-refractivity contribution in [2.75, 3.05) is 25.5 Å². The van der Waals surface area contributed by atoms with Crippen LogP contribution >= 0.6 is 0 Å². The molecule has 0 saturated carbocycles. The number of nitrogens with zero attached hydrogens (tertiary/aromatic N) is 3. The summed E-state index contributed by atoms with van der Waals surface area (Å²) in [6.45, 7) is 1.60. The lowest BCUT2D eigenvalue weighted by atomic mass is 10.0. The van der Waals surface area contributed by atoms with E-state index in [1.807, 2.05) is 0 Å². The molecule has 3 N–H and O–H groups in total. The number of aromatic amines is 1. The molecule has 4 heterocycles. The second-order valence-electron chi connectivity index (χ2n) is 7.25. The molecule has 1 amide bonds. The number of carbonyl (C=O) groups is 1. The Morgan fingerprint density at radius 3 is 2.87 bits per heavy atom. The van der Waals surface area contributed by atoms with Crippen LogP contribution in [-0.4, -0.2) is 51.9 Å². The van der Waals surface area contributed by atoms with Gasteiger partial charge in [-0.2, -0.15) is 13.2 Å². The molecule has 10 heteroatoms. The Bertz CT molecular complexity index is 1000. The van der Waals surface area contributed by atoms with Gasteiger partial charge in [0, 0.05) is 49.4 Å². The number of hydrogen-bond donors (Lipinski definition) is 3. The number of fused-ring (bicyclic) bond motifs is 1. The molecule has 0 spiro atoms. The van der Waals surface area contributed by atoms with Gasteiger partial charge < -0.3 is 20.5 Å². The zero-order valence-electron chi connectivity index (χ0n) is 16.3. The zero-order chi connectivity index (χ0) is 21.3. The summed E-state index contributed by atoms with van der Waals surface area (Å²) in [6, 6.07) is 0.0375. The van der Waals surface area contributed by atoms with E-state index in [1.54, 1.807) is 31.5 Å². The molecule has 1 unspecified atom stereocenters. The molecule has 2 aliphatic rings. The van der Waals surface area contributed by atoms with Gasteiger partial charge in [0.25, 0.3) is 5.91 Å². The number of nitrogens with one attached hydrogen (secondary N) is 3. The Hall–Kier alpha value is -3.14. The van der Waals surface area contributed by atoms with E-state index in [-0.39, 0.29) is 34.8 Å². The van der Waals surface area contributed by atoms with Crippen LogP contribution in [0, 0.1) is 0 Å². The van der Waals surface area contributed by atoms with Crippen molar-refractivity contribution < 1.29 is 18.0 Å². The second-order valence-corrected chi connectivity index (χ2v) is 7.25. The molecule has 0 bridgehead atoms. The summed E-state index contributed by atoms with van der Waals surface area (Å²) in [5, 5.41) is 6.35. The second kappa shape index (κ2) is 7.94. The predicted octanol–water partition coefficient (Wildman–Crippen LogP) is 3.27. The first kappa shape index (κ1) is 20.1. The van der Waals surface area contributed by atoms with Crippen molar-refractivity contribution in [3.05, 3.63) is 47.6 Å². The standard InChI is InChI=1S/C20H21F3N6O/c1-29-8-3-2-6-13-14(10-25-17(13)18(29)30)16-15(20(21,22)23)11-26-19(28-16)27-12-5-4-7-24-9-12/h2-3,6,8,10-12,24-25H,4-5,7,9H2,1H3,(H,26,27,28). The molecule has 1 fully saturated rings. The zero-order valence-corrected chi connectivity index (χ0v) is 16.3. The minimum atomic E-state index is -4.64. The van der Waals surface area contributed by atoms with E-state index in [0.717, 1.165) is 25.6 Å². The quantitative estimate of drug-likeness (QED) is 0.713. The SMILES string of the molecule is CN1C=CC=Cc2c(-c3nc(NC4CCCNC4)ncc3C(F)(F)F)c[nH]c2C1=O. The van der Waals surface area contributed by atoms with Crippen molar-refractivity contribution in [2.45, 2.75) is 25.1 Å². The van der Waals surface area contributed by atoms with Crippen molar-refractivity contribution in [1.82, 2.24) is 25.2 Å². The first-order valence-corrected chi connectivity index (χ1v) is 9.60. The summed E-state index contributed by atoms with van der Waals surface area (Å²) in [6.07, 6.45) is 5.86. The van der Waals surface area contributed by atoms with E-state index in [4.69, 9.17) is 0 Å². The van der Waals surface area contributed by atoms with Crippen LogP contribution in [0.3, 0.4) is 0 Å². The summed E-state index contributed by atoms with van der Waals surface area (Å²) < 4.78 is 41.2. The molecule has 2 aliphatic heterocycles. The van der Waals surface area contributed by atoms with E-state index < -0.39 is 11.7 Å². The highest BCUT2D eigenvalue weighted by molar-refractivity contribution is 6.00. The minimum absolute atomic E-state index is 0.0375. The predicted molar refractivity (Wildman–Crippen MR) is 107 cm³/mol. The van der Waals surface area contributed by atoms with Crippen molar-refractivity contribution >= 4 is 17.9 Å². The minimum Gasteiger partial charge on any atom is -0.356 e. The normalized spacial score (nSPS) is 19.4. The number of allylic oxidation sites excluding steroid dienone is 2. The van der Waals surface area contributed by atoms with Gasteiger partial charge in [-0.1, -0.05) is 12.2 Å². The number of piperidine rings is 1.